The number of hydrogen-bond acceptors (Lipinski definition) is 5. The zero-order chi connectivity index (χ0) is 16.4. The van der Waals surface area contributed by atoms with Crippen LogP contribution in [0.3, 0.4) is 0 Å². The van der Waals surface area contributed by atoms with Crippen LogP contribution in [-0.4, -0.2) is 27.3 Å². The molecule has 1 N–H and O–H groups in total. The van der Waals surface area contributed by atoms with E-state index in [0.29, 0.717) is 28.8 Å². The third kappa shape index (κ3) is 2.94. The first-order chi connectivity index (χ1) is 11.1. The Labute approximate surface area is 139 Å². The van der Waals surface area contributed by atoms with E-state index in [4.69, 9.17) is 16.3 Å². The van der Waals surface area contributed by atoms with Crippen molar-refractivity contribution in [2.75, 3.05) is 11.9 Å². The highest BCUT2D eigenvalue weighted by Crippen LogP contribution is 2.35. The van der Waals surface area contributed by atoms with Gasteiger partial charge in [0.05, 0.1) is 12.2 Å². The van der Waals surface area contributed by atoms with Crippen LogP contribution in [0.5, 0.6) is 0 Å². The van der Waals surface area contributed by atoms with Gasteiger partial charge in [0, 0.05) is 10.7 Å². The standard InChI is InChI=1S/C16H17ClN4O2/c1-3-7-23-15(22)13-10(2)20-16-18-9-19-21(16)14(13)11-5-4-6-12(17)8-11/h4-6,8-9,14H,3,7H2,1-2H3,(H,18,19,20). The van der Waals surface area contributed by atoms with Crippen molar-refractivity contribution >= 4 is 23.5 Å². The number of hydrogen-bond donors (Lipinski definition) is 1. The predicted octanol–water partition coefficient (Wildman–Crippen LogP) is 3.17. The molecule has 0 bridgehead atoms. The maximum absolute atomic E-state index is 12.6. The summed E-state index contributed by atoms with van der Waals surface area (Å²) in [7, 11) is 0. The summed E-state index contributed by atoms with van der Waals surface area (Å²) in [6.45, 7) is 4.16. The molecule has 0 aliphatic carbocycles. The van der Waals surface area contributed by atoms with E-state index in [0.717, 1.165) is 12.0 Å². The highest BCUT2D eigenvalue weighted by atomic mass is 35.5. The van der Waals surface area contributed by atoms with E-state index in [9.17, 15) is 4.79 Å². The minimum absolute atomic E-state index is 0.358. The van der Waals surface area contributed by atoms with E-state index in [1.807, 2.05) is 32.0 Å². The number of aromatic nitrogens is 3. The predicted molar refractivity (Wildman–Crippen MR) is 87.2 cm³/mol. The van der Waals surface area contributed by atoms with E-state index in [1.54, 1.807) is 10.7 Å². The number of carbonyl (C=O) groups excluding carboxylic acids is 1. The molecule has 1 aromatic heterocycles. The lowest BCUT2D eigenvalue weighted by atomic mass is 9.96. The summed E-state index contributed by atoms with van der Waals surface area (Å²) in [6.07, 6.45) is 2.22. The summed E-state index contributed by atoms with van der Waals surface area (Å²) in [5.41, 5.74) is 2.07. The molecule has 1 aromatic carbocycles. The lowest BCUT2D eigenvalue weighted by Gasteiger charge is -2.28. The number of allylic oxidation sites excluding steroid dienone is 1. The second kappa shape index (κ2) is 6.42. The molecule has 3 rings (SSSR count). The van der Waals surface area contributed by atoms with Crippen LogP contribution in [0.4, 0.5) is 5.95 Å². The monoisotopic (exact) mass is 332 g/mol. The molecule has 1 aliphatic rings. The first kappa shape index (κ1) is 15.6. The first-order valence-electron chi connectivity index (χ1n) is 7.41. The lowest BCUT2D eigenvalue weighted by molar-refractivity contribution is -0.139. The molecule has 1 atom stereocenters. The summed E-state index contributed by atoms with van der Waals surface area (Å²) in [6, 6.07) is 6.95. The molecule has 0 spiro atoms. The molecule has 2 aromatic rings. The fraction of sp³-hybridized carbons (Fsp3) is 0.312. The van der Waals surface area contributed by atoms with E-state index < -0.39 is 6.04 Å². The van der Waals surface area contributed by atoms with Gasteiger partial charge in [-0.15, -0.1) is 0 Å². The van der Waals surface area contributed by atoms with Gasteiger partial charge in [-0.1, -0.05) is 30.7 Å². The van der Waals surface area contributed by atoms with Gasteiger partial charge in [0.2, 0.25) is 5.95 Å². The maximum Gasteiger partial charge on any atom is 0.338 e. The third-order valence-electron chi connectivity index (χ3n) is 3.62. The molecule has 0 amide bonds. The van der Waals surface area contributed by atoms with Crippen molar-refractivity contribution in [3.63, 3.8) is 0 Å². The molecule has 0 radical (unpaired) electrons. The fourth-order valence-corrected chi connectivity index (χ4v) is 2.81. The number of rotatable bonds is 4. The number of nitrogens with zero attached hydrogens (tertiary/aromatic N) is 3. The second-order valence-electron chi connectivity index (χ2n) is 5.29. The van der Waals surface area contributed by atoms with Crippen molar-refractivity contribution in [2.45, 2.75) is 26.3 Å². The number of carbonyl (C=O) groups is 1. The van der Waals surface area contributed by atoms with Gasteiger partial charge in [-0.3, -0.25) is 0 Å². The maximum atomic E-state index is 12.6. The van der Waals surface area contributed by atoms with Gasteiger partial charge in [0.15, 0.2) is 0 Å². The van der Waals surface area contributed by atoms with E-state index in [2.05, 4.69) is 15.4 Å². The van der Waals surface area contributed by atoms with Gasteiger partial charge >= 0.3 is 5.97 Å². The SMILES string of the molecule is CCCOC(=O)C1=C(C)Nc2ncnn2C1c1cccc(Cl)c1. The van der Waals surface area contributed by atoms with Crippen LogP contribution in [0.25, 0.3) is 0 Å². The molecule has 0 saturated heterocycles. The second-order valence-corrected chi connectivity index (χ2v) is 5.72. The topological polar surface area (TPSA) is 69.0 Å². The summed E-state index contributed by atoms with van der Waals surface area (Å²) < 4.78 is 7.01. The van der Waals surface area contributed by atoms with Crippen LogP contribution in [0.15, 0.2) is 41.9 Å². The Kier molecular flexibility index (Phi) is 4.34. The van der Waals surface area contributed by atoms with Crippen LogP contribution in [0, 0.1) is 0 Å². The average Bonchev–Trinajstić information content (AvgIpc) is 2.99. The highest BCUT2D eigenvalue weighted by molar-refractivity contribution is 6.30. The van der Waals surface area contributed by atoms with Gasteiger partial charge in [0.25, 0.3) is 0 Å². The molecule has 6 nitrogen and oxygen atoms in total. The van der Waals surface area contributed by atoms with E-state index >= 15 is 0 Å². The van der Waals surface area contributed by atoms with Crippen molar-refractivity contribution in [3.05, 3.63) is 52.4 Å². The number of ether oxygens (including phenoxy) is 1. The quantitative estimate of drug-likeness (QED) is 0.871. The van der Waals surface area contributed by atoms with Crippen molar-refractivity contribution in [1.29, 1.82) is 0 Å². The number of esters is 1. The molecular weight excluding hydrogens is 316 g/mol. The van der Waals surface area contributed by atoms with Crippen molar-refractivity contribution < 1.29 is 9.53 Å². The smallest absolute Gasteiger partial charge is 0.338 e. The third-order valence-corrected chi connectivity index (χ3v) is 3.85. The Morgan fingerprint density at radius 1 is 1.48 bits per heavy atom. The molecule has 120 valence electrons. The van der Waals surface area contributed by atoms with Gasteiger partial charge in [0.1, 0.15) is 12.4 Å². The average molecular weight is 333 g/mol. The summed E-state index contributed by atoms with van der Waals surface area (Å²) >= 11 is 6.12. The fourth-order valence-electron chi connectivity index (χ4n) is 2.61. The number of nitrogens with one attached hydrogen (secondary N) is 1. The van der Waals surface area contributed by atoms with Crippen molar-refractivity contribution in [1.82, 2.24) is 14.8 Å². The lowest BCUT2D eigenvalue weighted by Crippen LogP contribution is -2.29. The largest absolute Gasteiger partial charge is 0.462 e. The van der Waals surface area contributed by atoms with Gasteiger partial charge in [-0.25, -0.2) is 9.48 Å². The summed E-state index contributed by atoms with van der Waals surface area (Å²) in [4.78, 5) is 16.7. The summed E-state index contributed by atoms with van der Waals surface area (Å²) in [5, 5.41) is 7.95. The van der Waals surface area contributed by atoms with Gasteiger partial charge in [-0.05, 0) is 31.0 Å². The van der Waals surface area contributed by atoms with E-state index in [-0.39, 0.29) is 5.97 Å². The molecule has 1 unspecified atom stereocenters. The first-order valence-corrected chi connectivity index (χ1v) is 7.79. The van der Waals surface area contributed by atoms with Crippen LogP contribution < -0.4 is 5.32 Å². The van der Waals surface area contributed by atoms with Gasteiger partial charge < -0.3 is 10.1 Å². The minimum Gasteiger partial charge on any atom is -0.462 e. The number of halogens is 1. The minimum atomic E-state index is -0.420. The Bertz CT molecular complexity index is 769. The molecular formula is C16H17ClN4O2. The van der Waals surface area contributed by atoms with Crippen LogP contribution in [-0.2, 0) is 9.53 Å². The molecule has 23 heavy (non-hydrogen) atoms. The highest BCUT2D eigenvalue weighted by Gasteiger charge is 2.34. The number of benzene rings is 1. The van der Waals surface area contributed by atoms with Gasteiger partial charge in [-0.2, -0.15) is 10.1 Å². The molecule has 2 heterocycles. The normalized spacial score (nSPS) is 16.7. The number of fused-ring (bicyclic) bond motifs is 1. The molecule has 1 aliphatic heterocycles. The van der Waals surface area contributed by atoms with Crippen LogP contribution in [0.2, 0.25) is 5.02 Å². The Morgan fingerprint density at radius 2 is 2.30 bits per heavy atom. The van der Waals surface area contributed by atoms with E-state index in [1.165, 1.54) is 6.33 Å². The zero-order valence-corrected chi connectivity index (χ0v) is 13.7. The van der Waals surface area contributed by atoms with Crippen LogP contribution >= 0.6 is 11.6 Å². The Hall–Kier alpha value is -2.34. The van der Waals surface area contributed by atoms with Crippen LogP contribution in [0.1, 0.15) is 31.9 Å². The number of anilines is 1. The summed E-state index contributed by atoms with van der Waals surface area (Å²) in [5.74, 6) is 0.225. The Balaban J connectivity index is 2.09. The van der Waals surface area contributed by atoms with Crippen molar-refractivity contribution in [3.8, 4) is 0 Å². The zero-order valence-electron chi connectivity index (χ0n) is 12.9. The Morgan fingerprint density at radius 3 is 3.04 bits per heavy atom. The molecule has 7 heteroatoms. The molecule has 0 saturated carbocycles. The molecule has 0 fully saturated rings. The van der Waals surface area contributed by atoms with Crippen molar-refractivity contribution in [2.24, 2.45) is 0 Å².